The third kappa shape index (κ3) is 3.94. The van der Waals surface area contributed by atoms with Gasteiger partial charge in [-0.15, -0.1) is 17.0 Å². The van der Waals surface area contributed by atoms with E-state index in [1.807, 2.05) is 30.3 Å². The third-order valence-electron chi connectivity index (χ3n) is 2.36. The highest BCUT2D eigenvalue weighted by Gasteiger charge is 2.12. The first kappa shape index (κ1) is 14.9. The lowest BCUT2D eigenvalue weighted by atomic mass is 10.2. The van der Waals surface area contributed by atoms with E-state index in [1.54, 1.807) is 30.3 Å². The third-order valence-corrected chi connectivity index (χ3v) is 3.78. The highest BCUT2D eigenvalue weighted by atomic mass is 79.9. The van der Waals surface area contributed by atoms with Crippen LogP contribution in [0.25, 0.3) is 0 Å². The summed E-state index contributed by atoms with van der Waals surface area (Å²) in [6.07, 6.45) is 0. The molecule has 0 amide bonds. The van der Waals surface area contributed by atoms with Crippen LogP contribution in [-0.2, 0) is 16.6 Å². The number of nitrogens with one attached hydrogen (secondary N) is 1. The molecule has 2 aromatic rings. The van der Waals surface area contributed by atoms with Crippen molar-refractivity contribution in [3.05, 3.63) is 66.2 Å². The predicted molar refractivity (Wildman–Crippen MR) is 77.2 cm³/mol. The van der Waals surface area contributed by atoms with Crippen LogP contribution in [0.5, 0.6) is 0 Å². The van der Waals surface area contributed by atoms with Crippen LogP contribution < -0.4 is 4.72 Å². The van der Waals surface area contributed by atoms with Gasteiger partial charge in [-0.1, -0.05) is 48.5 Å². The maximum Gasteiger partial charge on any atom is 0.240 e. The van der Waals surface area contributed by atoms with E-state index in [2.05, 4.69) is 4.72 Å². The number of rotatable bonds is 4. The lowest BCUT2D eigenvalue weighted by molar-refractivity contribution is 0.581. The summed E-state index contributed by atoms with van der Waals surface area (Å²) >= 11 is 0. The standard InChI is InChI=1S/C13H13NO2S.BrH/c15-17(16,13-9-5-2-6-10-13)14-11-12-7-3-1-4-8-12;/h1-10,14H,11H2;1H. The average molecular weight is 328 g/mol. The Morgan fingerprint density at radius 3 is 1.89 bits per heavy atom. The van der Waals surface area contributed by atoms with Gasteiger partial charge in [-0.3, -0.25) is 0 Å². The zero-order valence-electron chi connectivity index (χ0n) is 9.61. The zero-order chi connectivity index (χ0) is 12.1. The number of sulfonamides is 1. The van der Waals surface area contributed by atoms with E-state index in [-0.39, 0.29) is 21.9 Å². The van der Waals surface area contributed by atoms with E-state index in [1.165, 1.54) is 0 Å². The molecule has 0 saturated heterocycles. The minimum Gasteiger partial charge on any atom is -0.207 e. The molecule has 2 rings (SSSR count). The van der Waals surface area contributed by atoms with Crippen molar-refractivity contribution in [2.45, 2.75) is 11.4 Å². The summed E-state index contributed by atoms with van der Waals surface area (Å²) in [5, 5.41) is 0. The smallest absolute Gasteiger partial charge is 0.207 e. The average Bonchev–Trinajstić information content (AvgIpc) is 2.39. The summed E-state index contributed by atoms with van der Waals surface area (Å²) in [7, 11) is -3.41. The minimum atomic E-state index is -3.41. The molecule has 0 aliphatic heterocycles. The van der Waals surface area contributed by atoms with Gasteiger partial charge in [0.05, 0.1) is 4.90 Å². The quantitative estimate of drug-likeness (QED) is 0.938. The van der Waals surface area contributed by atoms with Gasteiger partial charge in [-0.05, 0) is 17.7 Å². The van der Waals surface area contributed by atoms with Crippen molar-refractivity contribution in [3.8, 4) is 0 Å². The fourth-order valence-corrected chi connectivity index (χ4v) is 2.50. The maximum absolute atomic E-state index is 11.9. The van der Waals surface area contributed by atoms with Gasteiger partial charge < -0.3 is 0 Å². The Labute approximate surface area is 118 Å². The molecule has 0 atom stereocenters. The van der Waals surface area contributed by atoms with Crippen molar-refractivity contribution in [2.24, 2.45) is 0 Å². The van der Waals surface area contributed by atoms with Crippen molar-refractivity contribution in [2.75, 3.05) is 0 Å². The second-order valence-electron chi connectivity index (χ2n) is 3.62. The van der Waals surface area contributed by atoms with Gasteiger partial charge in [0.1, 0.15) is 0 Å². The molecular formula is C13H14BrNO2S. The molecule has 3 nitrogen and oxygen atoms in total. The van der Waals surface area contributed by atoms with E-state index < -0.39 is 10.0 Å². The summed E-state index contributed by atoms with van der Waals surface area (Å²) in [6.45, 7) is 0.304. The topological polar surface area (TPSA) is 46.2 Å². The van der Waals surface area contributed by atoms with Crippen LogP contribution in [0.1, 0.15) is 5.56 Å². The first-order chi connectivity index (χ1) is 8.18. The van der Waals surface area contributed by atoms with Gasteiger partial charge >= 0.3 is 0 Å². The fraction of sp³-hybridized carbons (Fsp3) is 0.0769. The SMILES string of the molecule is Br.O=S(=O)(NCc1ccccc1)c1ccccc1. The first-order valence-corrected chi connectivity index (χ1v) is 6.75. The highest BCUT2D eigenvalue weighted by molar-refractivity contribution is 8.93. The number of hydrogen-bond donors (Lipinski definition) is 1. The maximum atomic E-state index is 11.9. The summed E-state index contributed by atoms with van der Waals surface area (Å²) in [5.41, 5.74) is 0.937. The number of benzene rings is 2. The van der Waals surface area contributed by atoms with Crippen molar-refractivity contribution in [1.82, 2.24) is 4.72 Å². The van der Waals surface area contributed by atoms with Crippen LogP contribution >= 0.6 is 17.0 Å². The van der Waals surface area contributed by atoms with E-state index in [0.29, 0.717) is 6.54 Å². The van der Waals surface area contributed by atoms with Crippen LogP contribution in [0.3, 0.4) is 0 Å². The second kappa shape index (κ2) is 6.68. The highest BCUT2D eigenvalue weighted by Crippen LogP contribution is 2.08. The van der Waals surface area contributed by atoms with Crippen LogP contribution in [0.15, 0.2) is 65.6 Å². The Bertz CT molecular complexity index is 570. The predicted octanol–water partition coefficient (Wildman–Crippen LogP) is 2.74. The van der Waals surface area contributed by atoms with E-state index in [0.717, 1.165) is 5.56 Å². The van der Waals surface area contributed by atoms with E-state index >= 15 is 0 Å². The minimum absolute atomic E-state index is 0. The van der Waals surface area contributed by atoms with Gasteiger partial charge in [0.15, 0.2) is 0 Å². The van der Waals surface area contributed by atoms with Crippen molar-refractivity contribution in [3.63, 3.8) is 0 Å². The summed E-state index contributed by atoms with van der Waals surface area (Å²) in [5.74, 6) is 0. The number of hydrogen-bond acceptors (Lipinski definition) is 2. The molecule has 0 radical (unpaired) electrons. The van der Waals surface area contributed by atoms with Crippen molar-refractivity contribution < 1.29 is 8.42 Å². The van der Waals surface area contributed by atoms with Gasteiger partial charge in [0.25, 0.3) is 0 Å². The normalized spacial score (nSPS) is 10.7. The van der Waals surface area contributed by atoms with Crippen molar-refractivity contribution >= 4 is 27.0 Å². The largest absolute Gasteiger partial charge is 0.240 e. The Morgan fingerprint density at radius 2 is 1.33 bits per heavy atom. The molecule has 0 aliphatic rings. The molecule has 0 bridgehead atoms. The summed E-state index contributed by atoms with van der Waals surface area (Å²) < 4.78 is 26.4. The molecule has 0 saturated carbocycles. The molecular weight excluding hydrogens is 314 g/mol. The molecule has 5 heteroatoms. The Kier molecular flexibility index (Phi) is 5.53. The van der Waals surface area contributed by atoms with Gasteiger partial charge in [-0.2, -0.15) is 0 Å². The van der Waals surface area contributed by atoms with Gasteiger partial charge in [0, 0.05) is 6.54 Å². The van der Waals surface area contributed by atoms with E-state index in [4.69, 9.17) is 0 Å². The lowest BCUT2D eigenvalue weighted by Gasteiger charge is -2.06. The fourth-order valence-electron chi connectivity index (χ4n) is 1.46. The first-order valence-electron chi connectivity index (χ1n) is 5.27. The monoisotopic (exact) mass is 327 g/mol. The molecule has 0 aromatic heterocycles. The molecule has 0 fully saturated rings. The van der Waals surface area contributed by atoms with Gasteiger partial charge in [-0.25, -0.2) is 13.1 Å². The van der Waals surface area contributed by atoms with Crippen molar-refractivity contribution in [1.29, 1.82) is 0 Å². The lowest BCUT2D eigenvalue weighted by Crippen LogP contribution is -2.23. The Hall–Kier alpha value is -1.17. The molecule has 96 valence electrons. The Balaban J connectivity index is 0.00000162. The molecule has 0 spiro atoms. The molecule has 0 unspecified atom stereocenters. The zero-order valence-corrected chi connectivity index (χ0v) is 12.1. The van der Waals surface area contributed by atoms with Crippen LogP contribution in [0.4, 0.5) is 0 Å². The van der Waals surface area contributed by atoms with Crippen LogP contribution in [-0.4, -0.2) is 8.42 Å². The summed E-state index contributed by atoms with van der Waals surface area (Å²) in [6, 6.07) is 17.8. The number of halogens is 1. The van der Waals surface area contributed by atoms with Crippen LogP contribution in [0, 0.1) is 0 Å². The molecule has 0 heterocycles. The molecule has 2 aromatic carbocycles. The van der Waals surface area contributed by atoms with E-state index in [9.17, 15) is 8.42 Å². The summed E-state index contributed by atoms with van der Waals surface area (Å²) in [4.78, 5) is 0.288. The Morgan fingerprint density at radius 1 is 0.833 bits per heavy atom. The molecule has 18 heavy (non-hydrogen) atoms. The molecule has 0 aliphatic carbocycles. The molecule has 1 N–H and O–H groups in total. The van der Waals surface area contributed by atoms with Crippen LogP contribution in [0.2, 0.25) is 0 Å². The second-order valence-corrected chi connectivity index (χ2v) is 5.39. The van der Waals surface area contributed by atoms with Gasteiger partial charge in [0.2, 0.25) is 10.0 Å².